The van der Waals surface area contributed by atoms with Crippen LogP contribution in [-0.4, -0.2) is 37.2 Å². The lowest BCUT2D eigenvalue weighted by Gasteiger charge is -2.45. The molecule has 152 valence electrons. The third kappa shape index (κ3) is 3.84. The van der Waals surface area contributed by atoms with Crippen molar-refractivity contribution >= 4 is 17.9 Å². The molecule has 3 rings (SSSR count). The lowest BCUT2D eigenvalue weighted by atomic mass is 9.60. The maximum absolute atomic E-state index is 12.0. The van der Waals surface area contributed by atoms with Gasteiger partial charge in [0, 0.05) is 29.4 Å². The highest BCUT2D eigenvalue weighted by Crippen LogP contribution is 2.53. The van der Waals surface area contributed by atoms with Crippen LogP contribution in [0.15, 0.2) is 36.3 Å². The lowest BCUT2D eigenvalue weighted by Crippen LogP contribution is -2.46. The maximum atomic E-state index is 12.0. The van der Waals surface area contributed by atoms with Crippen molar-refractivity contribution < 1.29 is 33.3 Å². The number of hydrogen-bond donors (Lipinski definition) is 0. The molecule has 4 atom stereocenters. The zero-order valence-corrected chi connectivity index (χ0v) is 16.4. The third-order valence-electron chi connectivity index (χ3n) is 5.72. The van der Waals surface area contributed by atoms with Gasteiger partial charge in [-0.1, -0.05) is 20.4 Å². The van der Waals surface area contributed by atoms with E-state index in [0.29, 0.717) is 18.4 Å². The summed E-state index contributed by atoms with van der Waals surface area (Å²) in [7, 11) is 0. The predicted octanol–water partition coefficient (Wildman–Crippen LogP) is 2.67. The largest absolute Gasteiger partial charge is 0.473 e. The Bertz CT molecular complexity index is 748. The van der Waals surface area contributed by atoms with Crippen molar-refractivity contribution in [2.75, 3.05) is 13.2 Å². The van der Waals surface area contributed by atoms with Crippen LogP contribution in [0, 0.1) is 23.2 Å². The van der Waals surface area contributed by atoms with E-state index in [9.17, 15) is 14.4 Å². The molecule has 0 unspecified atom stereocenters. The fourth-order valence-electron chi connectivity index (χ4n) is 4.14. The summed E-state index contributed by atoms with van der Waals surface area (Å²) in [4.78, 5) is 35.5. The van der Waals surface area contributed by atoms with Gasteiger partial charge >= 0.3 is 17.9 Å². The highest BCUT2D eigenvalue weighted by atomic mass is 16.6. The van der Waals surface area contributed by atoms with E-state index in [-0.39, 0.29) is 49.0 Å². The summed E-state index contributed by atoms with van der Waals surface area (Å²) >= 11 is 0. The molecule has 0 aromatic carbocycles. The number of carbonyl (C=O) groups is 3. The highest BCUT2D eigenvalue weighted by molar-refractivity contribution is 5.90. The Labute approximate surface area is 164 Å². The van der Waals surface area contributed by atoms with Gasteiger partial charge in [0.15, 0.2) is 0 Å². The molecule has 2 heterocycles. The molecule has 0 amide bonds. The first-order valence-electron chi connectivity index (χ1n) is 9.45. The Morgan fingerprint density at radius 2 is 2.11 bits per heavy atom. The topological polar surface area (TPSA) is 88.1 Å². The number of ether oxygens (including phenoxy) is 4. The normalized spacial score (nSPS) is 31.1. The second kappa shape index (κ2) is 7.81. The highest BCUT2D eigenvalue weighted by Gasteiger charge is 2.54. The van der Waals surface area contributed by atoms with Crippen LogP contribution in [0.4, 0.5) is 0 Å². The molecule has 0 radical (unpaired) electrons. The van der Waals surface area contributed by atoms with Gasteiger partial charge in [0.05, 0.1) is 18.4 Å². The molecule has 7 nitrogen and oxygen atoms in total. The van der Waals surface area contributed by atoms with Crippen LogP contribution in [0.5, 0.6) is 0 Å². The maximum Gasteiger partial charge on any atom is 0.334 e. The van der Waals surface area contributed by atoms with E-state index in [2.05, 4.69) is 6.58 Å². The molecule has 1 saturated carbocycles. The van der Waals surface area contributed by atoms with Crippen LogP contribution >= 0.6 is 0 Å². The summed E-state index contributed by atoms with van der Waals surface area (Å²) in [6.45, 7) is 8.97. The van der Waals surface area contributed by atoms with E-state index in [1.807, 2.05) is 6.08 Å². The zero-order chi connectivity index (χ0) is 20.5. The Kier molecular flexibility index (Phi) is 5.63. The Hall–Kier alpha value is -2.57. The fraction of sp³-hybridized carbons (Fsp3) is 0.571. The third-order valence-corrected chi connectivity index (χ3v) is 5.72. The van der Waals surface area contributed by atoms with E-state index in [4.69, 9.17) is 18.9 Å². The molecule has 0 bridgehead atoms. The van der Waals surface area contributed by atoms with Crippen LogP contribution in [0.3, 0.4) is 0 Å². The molecule has 0 spiro atoms. The minimum absolute atomic E-state index is 0.0733. The number of rotatable bonds is 5. The first-order chi connectivity index (χ1) is 13.2. The molecule has 1 saturated heterocycles. The van der Waals surface area contributed by atoms with Crippen molar-refractivity contribution in [2.45, 2.75) is 39.7 Å². The van der Waals surface area contributed by atoms with Crippen molar-refractivity contribution in [1.29, 1.82) is 0 Å². The molecule has 28 heavy (non-hydrogen) atoms. The molecule has 7 heteroatoms. The SMILES string of the molecule is C=C1C(=O)O[C@@H]2C[C@@]3(COC(C)=O)C=COC=C(COC(=O)C(C)C)[C@H]3C[C@@H]12. The summed E-state index contributed by atoms with van der Waals surface area (Å²) in [5, 5.41) is 0. The van der Waals surface area contributed by atoms with Gasteiger partial charge in [-0.3, -0.25) is 9.59 Å². The number of fused-ring (bicyclic) bond motifs is 2. The summed E-state index contributed by atoms with van der Waals surface area (Å²) in [5.74, 6) is -1.60. The van der Waals surface area contributed by atoms with E-state index in [0.717, 1.165) is 5.57 Å². The fourth-order valence-corrected chi connectivity index (χ4v) is 4.14. The first kappa shape index (κ1) is 20.2. The van der Waals surface area contributed by atoms with E-state index >= 15 is 0 Å². The standard InChI is InChI=1S/C21H26O7/c1-12(2)19(23)26-10-15-9-25-6-5-21(11-27-14(4)22)8-18-16(7-17(15)21)13(3)20(24)28-18/h5-6,9,12,16-18H,3,7-8,10-11H2,1-2,4H3/t16-,17+,18+,21+/m0/s1. The molecule has 2 fully saturated rings. The van der Waals surface area contributed by atoms with Crippen molar-refractivity contribution in [3.8, 4) is 0 Å². The number of esters is 3. The predicted molar refractivity (Wildman–Crippen MR) is 98.4 cm³/mol. The van der Waals surface area contributed by atoms with Crippen molar-refractivity contribution in [1.82, 2.24) is 0 Å². The Morgan fingerprint density at radius 1 is 1.36 bits per heavy atom. The average molecular weight is 390 g/mol. The molecular weight excluding hydrogens is 364 g/mol. The van der Waals surface area contributed by atoms with Crippen LogP contribution in [0.25, 0.3) is 0 Å². The van der Waals surface area contributed by atoms with Gasteiger partial charge in [0.1, 0.15) is 19.3 Å². The second-order valence-corrected chi connectivity index (χ2v) is 7.98. The first-order valence-corrected chi connectivity index (χ1v) is 9.45. The molecule has 2 aliphatic heterocycles. The van der Waals surface area contributed by atoms with Gasteiger partial charge in [0.2, 0.25) is 0 Å². The quantitative estimate of drug-likeness (QED) is 0.405. The molecule has 1 aliphatic carbocycles. The van der Waals surface area contributed by atoms with Crippen molar-refractivity contribution in [3.63, 3.8) is 0 Å². The lowest BCUT2D eigenvalue weighted by molar-refractivity contribution is -0.150. The van der Waals surface area contributed by atoms with Crippen LogP contribution in [0.1, 0.15) is 33.6 Å². The minimum Gasteiger partial charge on any atom is -0.473 e. The minimum atomic E-state index is -0.621. The van der Waals surface area contributed by atoms with Gasteiger partial charge in [0.25, 0.3) is 0 Å². The number of hydrogen-bond acceptors (Lipinski definition) is 7. The zero-order valence-electron chi connectivity index (χ0n) is 16.4. The van der Waals surface area contributed by atoms with Gasteiger partial charge in [-0.25, -0.2) is 4.79 Å². The monoisotopic (exact) mass is 390 g/mol. The molecule has 0 aromatic heterocycles. The second-order valence-electron chi connectivity index (χ2n) is 7.98. The number of carbonyl (C=O) groups excluding carboxylic acids is 3. The molecule has 3 aliphatic rings. The summed E-state index contributed by atoms with van der Waals surface area (Å²) in [6, 6.07) is 0. The summed E-state index contributed by atoms with van der Waals surface area (Å²) < 4.78 is 21.8. The van der Waals surface area contributed by atoms with Gasteiger partial charge in [-0.2, -0.15) is 0 Å². The average Bonchev–Trinajstić information content (AvgIpc) is 2.81. The van der Waals surface area contributed by atoms with Gasteiger partial charge in [-0.15, -0.1) is 0 Å². The Balaban J connectivity index is 1.90. The Morgan fingerprint density at radius 3 is 2.79 bits per heavy atom. The molecule has 0 aromatic rings. The van der Waals surface area contributed by atoms with E-state index in [1.165, 1.54) is 6.92 Å². The van der Waals surface area contributed by atoms with E-state index in [1.54, 1.807) is 26.4 Å². The van der Waals surface area contributed by atoms with Crippen LogP contribution in [0.2, 0.25) is 0 Å². The van der Waals surface area contributed by atoms with Gasteiger partial charge in [-0.05, 0) is 24.8 Å². The van der Waals surface area contributed by atoms with Gasteiger partial charge < -0.3 is 18.9 Å². The molecule has 0 N–H and O–H groups in total. The summed E-state index contributed by atoms with van der Waals surface area (Å²) in [5.41, 5.74) is 0.611. The van der Waals surface area contributed by atoms with Crippen molar-refractivity contribution in [3.05, 3.63) is 36.3 Å². The van der Waals surface area contributed by atoms with E-state index < -0.39 is 11.4 Å². The summed E-state index contributed by atoms with van der Waals surface area (Å²) in [6.07, 6.45) is 5.68. The smallest absolute Gasteiger partial charge is 0.334 e. The van der Waals surface area contributed by atoms with Crippen LogP contribution in [-0.2, 0) is 33.3 Å². The van der Waals surface area contributed by atoms with Crippen molar-refractivity contribution in [2.24, 2.45) is 23.2 Å². The van der Waals surface area contributed by atoms with Crippen LogP contribution < -0.4 is 0 Å². The molecular formula is C21H26O7.